The van der Waals surface area contributed by atoms with Gasteiger partial charge in [0.15, 0.2) is 0 Å². The van der Waals surface area contributed by atoms with E-state index in [0.717, 1.165) is 36.8 Å². The van der Waals surface area contributed by atoms with Gasteiger partial charge in [-0.2, -0.15) is 0 Å². The van der Waals surface area contributed by atoms with E-state index < -0.39 is 0 Å². The Bertz CT molecular complexity index is 385. The van der Waals surface area contributed by atoms with E-state index in [2.05, 4.69) is 5.32 Å². The summed E-state index contributed by atoms with van der Waals surface area (Å²) in [6, 6.07) is 4.61. The Labute approximate surface area is 128 Å². The van der Waals surface area contributed by atoms with Crippen LogP contribution in [0.2, 0.25) is 0 Å². The molecule has 118 valence electrons. The second kappa shape index (κ2) is 7.46. The number of furan rings is 1. The van der Waals surface area contributed by atoms with Crippen LogP contribution in [0.4, 0.5) is 0 Å². The molecule has 0 aromatic carbocycles. The summed E-state index contributed by atoms with van der Waals surface area (Å²) in [6.07, 6.45) is 14.4. The average molecular weight is 291 g/mol. The minimum Gasteiger partial charge on any atom is -0.467 e. The average Bonchev–Trinajstić information content (AvgIpc) is 3.17. The first-order valence-electron chi connectivity index (χ1n) is 8.70. The summed E-state index contributed by atoms with van der Waals surface area (Å²) in [7, 11) is 0. The molecule has 21 heavy (non-hydrogen) atoms. The van der Waals surface area contributed by atoms with Gasteiger partial charge in [-0.05, 0) is 69.0 Å². The Morgan fingerprint density at radius 2 is 2.00 bits per heavy atom. The van der Waals surface area contributed by atoms with E-state index in [1.54, 1.807) is 6.26 Å². The summed E-state index contributed by atoms with van der Waals surface area (Å²) in [5.41, 5.74) is 0.754. The molecule has 3 rings (SSSR count). The van der Waals surface area contributed by atoms with E-state index >= 15 is 0 Å². The first kappa shape index (κ1) is 15.1. The van der Waals surface area contributed by atoms with Crippen LogP contribution in [-0.4, -0.2) is 19.2 Å². The molecule has 1 aromatic rings. The van der Waals surface area contributed by atoms with Crippen LogP contribution in [0.5, 0.6) is 0 Å². The van der Waals surface area contributed by atoms with Gasteiger partial charge in [-0.1, -0.05) is 12.8 Å². The molecule has 1 spiro atoms. The zero-order valence-corrected chi connectivity index (χ0v) is 13.1. The normalized spacial score (nSPS) is 22.1. The number of hydrogen-bond donors (Lipinski definition) is 1. The molecule has 3 nitrogen and oxygen atoms in total. The van der Waals surface area contributed by atoms with E-state index in [0.29, 0.717) is 6.61 Å². The highest BCUT2D eigenvalue weighted by Crippen LogP contribution is 2.48. The minimum atomic E-state index is 0.596. The van der Waals surface area contributed by atoms with Crippen molar-refractivity contribution in [2.24, 2.45) is 5.41 Å². The van der Waals surface area contributed by atoms with Gasteiger partial charge in [-0.3, -0.25) is 0 Å². The third-order valence-corrected chi connectivity index (χ3v) is 5.43. The van der Waals surface area contributed by atoms with Crippen molar-refractivity contribution in [2.75, 3.05) is 13.2 Å². The zero-order chi connectivity index (χ0) is 14.4. The highest BCUT2D eigenvalue weighted by atomic mass is 16.5. The quantitative estimate of drug-likeness (QED) is 0.761. The topological polar surface area (TPSA) is 34.4 Å². The number of nitrogens with one attached hydrogen (secondary N) is 1. The second-order valence-corrected chi connectivity index (χ2v) is 6.92. The summed E-state index contributed by atoms with van der Waals surface area (Å²) in [5.74, 6) is 0.914. The highest BCUT2D eigenvalue weighted by Gasteiger charge is 2.37. The van der Waals surface area contributed by atoms with Crippen LogP contribution in [0.3, 0.4) is 0 Å². The molecule has 1 aromatic heterocycles. The van der Waals surface area contributed by atoms with Crippen molar-refractivity contribution in [3.8, 4) is 0 Å². The Morgan fingerprint density at radius 3 is 2.71 bits per heavy atom. The molecule has 0 radical (unpaired) electrons. The van der Waals surface area contributed by atoms with Gasteiger partial charge in [-0.15, -0.1) is 0 Å². The molecule has 2 aliphatic carbocycles. The molecule has 0 saturated heterocycles. The van der Waals surface area contributed by atoms with Crippen molar-refractivity contribution in [1.29, 1.82) is 0 Å². The molecule has 3 heteroatoms. The summed E-state index contributed by atoms with van der Waals surface area (Å²) in [6.45, 7) is 2.49. The third kappa shape index (κ3) is 4.33. The van der Waals surface area contributed by atoms with E-state index in [1.165, 1.54) is 51.4 Å². The van der Waals surface area contributed by atoms with E-state index in [4.69, 9.17) is 9.15 Å². The van der Waals surface area contributed by atoms with E-state index in [-0.39, 0.29) is 0 Å². The maximum Gasteiger partial charge on any atom is 0.129 e. The monoisotopic (exact) mass is 291 g/mol. The summed E-state index contributed by atoms with van der Waals surface area (Å²) in [5, 5.41) is 3.72. The number of ether oxygens (including phenoxy) is 1. The predicted octanol–water partition coefficient (Wildman–Crippen LogP) is 4.28. The predicted molar refractivity (Wildman–Crippen MR) is 84.1 cm³/mol. The minimum absolute atomic E-state index is 0.596. The molecule has 0 atom stereocenters. The molecule has 0 bridgehead atoms. The standard InChI is InChI=1S/C18H29NO2/c1-2-9-18(8-1)10-6-16(7-11-18)19-12-4-13-20-15-17-5-3-14-21-17/h3,5,14,16,19H,1-2,4,6-13,15H2. The van der Waals surface area contributed by atoms with E-state index in [9.17, 15) is 0 Å². The van der Waals surface area contributed by atoms with Gasteiger partial charge in [0.1, 0.15) is 12.4 Å². The number of hydrogen-bond acceptors (Lipinski definition) is 3. The van der Waals surface area contributed by atoms with Crippen molar-refractivity contribution < 1.29 is 9.15 Å². The lowest BCUT2D eigenvalue weighted by Crippen LogP contribution is -2.37. The van der Waals surface area contributed by atoms with Gasteiger partial charge in [-0.25, -0.2) is 0 Å². The summed E-state index contributed by atoms with van der Waals surface area (Å²) in [4.78, 5) is 0. The Morgan fingerprint density at radius 1 is 1.19 bits per heavy atom. The SMILES string of the molecule is c1coc(COCCCNC2CCC3(CCCC3)CC2)c1. The van der Waals surface area contributed by atoms with Crippen molar-refractivity contribution in [1.82, 2.24) is 5.32 Å². The van der Waals surface area contributed by atoms with Crippen LogP contribution >= 0.6 is 0 Å². The van der Waals surface area contributed by atoms with Crippen molar-refractivity contribution in [3.05, 3.63) is 24.2 Å². The molecule has 1 N–H and O–H groups in total. The van der Waals surface area contributed by atoms with Crippen molar-refractivity contribution in [3.63, 3.8) is 0 Å². The lowest BCUT2D eigenvalue weighted by molar-refractivity contribution is 0.102. The molecule has 0 aliphatic heterocycles. The Hall–Kier alpha value is -0.800. The van der Waals surface area contributed by atoms with Gasteiger partial charge in [0.05, 0.1) is 6.26 Å². The second-order valence-electron chi connectivity index (χ2n) is 6.92. The first-order valence-corrected chi connectivity index (χ1v) is 8.70. The van der Waals surface area contributed by atoms with Crippen molar-refractivity contribution >= 4 is 0 Å². The smallest absolute Gasteiger partial charge is 0.129 e. The lowest BCUT2D eigenvalue weighted by atomic mass is 9.71. The fourth-order valence-corrected chi connectivity index (χ4v) is 4.11. The third-order valence-electron chi connectivity index (χ3n) is 5.43. The van der Waals surface area contributed by atoms with Gasteiger partial charge in [0.25, 0.3) is 0 Å². The largest absolute Gasteiger partial charge is 0.467 e. The molecular formula is C18H29NO2. The van der Waals surface area contributed by atoms with Gasteiger partial charge >= 0.3 is 0 Å². The molecule has 0 unspecified atom stereocenters. The lowest BCUT2D eigenvalue weighted by Gasteiger charge is -2.37. The van der Waals surface area contributed by atoms with Gasteiger partial charge in [0.2, 0.25) is 0 Å². The van der Waals surface area contributed by atoms with Crippen LogP contribution in [0, 0.1) is 5.41 Å². The molecular weight excluding hydrogens is 262 g/mol. The molecule has 2 fully saturated rings. The van der Waals surface area contributed by atoms with Crippen LogP contribution in [0.15, 0.2) is 22.8 Å². The van der Waals surface area contributed by atoms with Crippen molar-refractivity contribution in [2.45, 2.75) is 70.4 Å². The fourth-order valence-electron chi connectivity index (χ4n) is 4.11. The van der Waals surface area contributed by atoms with Gasteiger partial charge in [0, 0.05) is 12.6 Å². The fraction of sp³-hybridized carbons (Fsp3) is 0.778. The van der Waals surface area contributed by atoms with Crippen LogP contribution in [0.1, 0.15) is 63.5 Å². The number of rotatable bonds is 7. The summed E-state index contributed by atoms with van der Waals surface area (Å²) >= 11 is 0. The Kier molecular flexibility index (Phi) is 5.37. The summed E-state index contributed by atoms with van der Waals surface area (Å²) < 4.78 is 10.9. The Balaban J connectivity index is 1.22. The van der Waals surface area contributed by atoms with E-state index in [1.807, 2.05) is 12.1 Å². The maximum absolute atomic E-state index is 5.61. The maximum atomic E-state index is 5.61. The highest BCUT2D eigenvalue weighted by molar-refractivity contribution is 4.96. The zero-order valence-electron chi connectivity index (χ0n) is 13.1. The molecule has 2 aliphatic rings. The van der Waals surface area contributed by atoms with Crippen LogP contribution < -0.4 is 5.32 Å². The molecule has 2 saturated carbocycles. The molecule has 1 heterocycles. The van der Waals surface area contributed by atoms with Crippen LogP contribution in [0.25, 0.3) is 0 Å². The van der Waals surface area contributed by atoms with Crippen LogP contribution in [-0.2, 0) is 11.3 Å². The molecule has 0 amide bonds. The van der Waals surface area contributed by atoms with Gasteiger partial charge < -0.3 is 14.5 Å². The first-order chi connectivity index (χ1) is 10.4.